The van der Waals surface area contributed by atoms with Gasteiger partial charge in [-0.05, 0) is 44.2 Å². The first-order chi connectivity index (χ1) is 11.8. The molecule has 2 rings (SSSR count). The van der Waals surface area contributed by atoms with E-state index in [4.69, 9.17) is 9.47 Å². The third-order valence-corrected chi connectivity index (χ3v) is 4.11. The van der Waals surface area contributed by atoms with Crippen LogP contribution >= 0.6 is 0 Å². The Bertz CT molecular complexity index is 499. The van der Waals surface area contributed by atoms with Crippen LogP contribution in [-0.4, -0.2) is 51.5 Å². The van der Waals surface area contributed by atoms with Gasteiger partial charge in [0.25, 0.3) is 0 Å². The number of guanidine groups is 1. The van der Waals surface area contributed by atoms with E-state index in [2.05, 4.69) is 53.7 Å². The molecular formula is C19H31N3O2. The van der Waals surface area contributed by atoms with Gasteiger partial charge in [-0.15, -0.1) is 0 Å². The molecule has 0 saturated carbocycles. The van der Waals surface area contributed by atoms with Crippen LogP contribution in [0.2, 0.25) is 0 Å². The standard InChI is InChI=1S/C19H31N3O2/c1-3-20-19(21-11-6-13-24-18-10-14-23-15-18)22-12-9-17-8-5-4-7-16(17)2/h4-5,7-8,18H,3,6,9-15H2,1-2H3,(H2,20,21,22). The lowest BCUT2D eigenvalue weighted by Crippen LogP contribution is -2.38. The maximum Gasteiger partial charge on any atom is 0.191 e. The zero-order valence-corrected chi connectivity index (χ0v) is 15.0. The highest BCUT2D eigenvalue weighted by molar-refractivity contribution is 5.79. The average molecular weight is 333 g/mol. The molecule has 1 aliphatic heterocycles. The molecule has 1 heterocycles. The minimum absolute atomic E-state index is 0.287. The molecule has 134 valence electrons. The van der Waals surface area contributed by atoms with Gasteiger partial charge in [0.05, 0.1) is 12.7 Å². The number of nitrogens with zero attached hydrogens (tertiary/aromatic N) is 1. The molecule has 0 amide bonds. The van der Waals surface area contributed by atoms with Crippen LogP contribution in [0.1, 0.15) is 30.9 Å². The van der Waals surface area contributed by atoms with Crippen molar-refractivity contribution in [3.05, 3.63) is 35.4 Å². The van der Waals surface area contributed by atoms with E-state index in [1.807, 2.05) is 0 Å². The summed E-state index contributed by atoms with van der Waals surface area (Å²) < 4.78 is 11.1. The predicted octanol–water partition coefficient (Wildman–Crippen LogP) is 2.29. The maximum absolute atomic E-state index is 5.76. The Hall–Kier alpha value is -1.59. The van der Waals surface area contributed by atoms with E-state index < -0.39 is 0 Å². The molecule has 0 aliphatic carbocycles. The fourth-order valence-electron chi connectivity index (χ4n) is 2.70. The van der Waals surface area contributed by atoms with Crippen molar-refractivity contribution in [1.29, 1.82) is 0 Å². The number of hydrogen-bond donors (Lipinski definition) is 2. The van der Waals surface area contributed by atoms with Gasteiger partial charge in [0, 0.05) is 32.8 Å². The number of ether oxygens (including phenoxy) is 2. The number of rotatable bonds is 9. The fourth-order valence-corrected chi connectivity index (χ4v) is 2.70. The Morgan fingerprint density at radius 3 is 2.96 bits per heavy atom. The molecule has 1 fully saturated rings. The summed E-state index contributed by atoms with van der Waals surface area (Å²) in [5.74, 6) is 0.885. The van der Waals surface area contributed by atoms with Gasteiger partial charge in [0.2, 0.25) is 0 Å². The Labute approximate surface area is 145 Å². The summed E-state index contributed by atoms with van der Waals surface area (Å²) >= 11 is 0. The molecule has 0 bridgehead atoms. The zero-order chi connectivity index (χ0) is 17.0. The van der Waals surface area contributed by atoms with Crippen molar-refractivity contribution in [2.24, 2.45) is 4.99 Å². The van der Waals surface area contributed by atoms with Crippen molar-refractivity contribution in [3.63, 3.8) is 0 Å². The van der Waals surface area contributed by atoms with Gasteiger partial charge < -0.3 is 20.1 Å². The second-order valence-corrected chi connectivity index (χ2v) is 6.07. The second-order valence-electron chi connectivity index (χ2n) is 6.07. The van der Waals surface area contributed by atoms with E-state index in [1.54, 1.807) is 0 Å². The molecule has 5 heteroatoms. The lowest BCUT2D eigenvalue weighted by molar-refractivity contribution is 0.0424. The molecular weight excluding hydrogens is 302 g/mol. The number of nitrogens with one attached hydrogen (secondary N) is 2. The molecule has 1 aliphatic rings. The van der Waals surface area contributed by atoms with Gasteiger partial charge in [0.1, 0.15) is 0 Å². The lowest BCUT2D eigenvalue weighted by Gasteiger charge is -2.12. The van der Waals surface area contributed by atoms with Crippen LogP contribution in [0.3, 0.4) is 0 Å². The minimum Gasteiger partial charge on any atom is -0.379 e. The second kappa shape index (κ2) is 11.0. The van der Waals surface area contributed by atoms with Crippen LogP contribution < -0.4 is 10.6 Å². The van der Waals surface area contributed by atoms with Gasteiger partial charge in [-0.3, -0.25) is 4.99 Å². The third kappa shape index (κ3) is 6.89. The van der Waals surface area contributed by atoms with Crippen molar-refractivity contribution in [1.82, 2.24) is 10.6 Å². The first kappa shape index (κ1) is 18.7. The highest BCUT2D eigenvalue weighted by Gasteiger charge is 2.15. The average Bonchev–Trinajstić information content (AvgIpc) is 3.09. The summed E-state index contributed by atoms with van der Waals surface area (Å²) in [6.07, 6.45) is 3.24. The Balaban J connectivity index is 1.65. The monoisotopic (exact) mass is 333 g/mol. The predicted molar refractivity (Wildman–Crippen MR) is 98.7 cm³/mol. The molecule has 1 aromatic carbocycles. The molecule has 24 heavy (non-hydrogen) atoms. The molecule has 1 saturated heterocycles. The van der Waals surface area contributed by atoms with E-state index >= 15 is 0 Å². The van der Waals surface area contributed by atoms with Crippen LogP contribution in [-0.2, 0) is 15.9 Å². The van der Waals surface area contributed by atoms with Crippen molar-refractivity contribution < 1.29 is 9.47 Å². The molecule has 1 unspecified atom stereocenters. The summed E-state index contributed by atoms with van der Waals surface area (Å²) in [6.45, 7) is 9.09. The van der Waals surface area contributed by atoms with E-state index in [0.717, 1.165) is 64.7 Å². The first-order valence-corrected chi connectivity index (χ1v) is 9.05. The van der Waals surface area contributed by atoms with Crippen molar-refractivity contribution in [2.45, 2.75) is 39.2 Å². The van der Waals surface area contributed by atoms with Crippen LogP contribution in [0.5, 0.6) is 0 Å². The maximum atomic E-state index is 5.76. The summed E-state index contributed by atoms with van der Waals surface area (Å²) in [6, 6.07) is 8.52. The van der Waals surface area contributed by atoms with Crippen molar-refractivity contribution >= 4 is 5.96 Å². The molecule has 0 aromatic heterocycles. The van der Waals surface area contributed by atoms with Crippen molar-refractivity contribution in [3.8, 4) is 0 Å². The summed E-state index contributed by atoms with van der Waals surface area (Å²) in [5.41, 5.74) is 2.72. The highest BCUT2D eigenvalue weighted by Crippen LogP contribution is 2.08. The number of aryl methyl sites for hydroxylation is 1. The Morgan fingerprint density at radius 2 is 2.21 bits per heavy atom. The minimum atomic E-state index is 0.287. The van der Waals surface area contributed by atoms with Crippen LogP contribution in [0.15, 0.2) is 29.3 Å². The van der Waals surface area contributed by atoms with Gasteiger partial charge in [-0.2, -0.15) is 0 Å². The smallest absolute Gasteiger partial charge is 0.191 e. The SMILES string of the molecule is CCNC(=NCCCOC1CCOC1)NCCc1ccccc1C. The van der Waals surface area contributed by atoms with E-state index in [0.29, 0.717) is 0 Å². The van der Waals surface area contributed by atoms with Crippen LogP contribution in [0.25, 0.3) is 0 Å². The van der Waals surface area contributed by atoms with Gasteiger partial charge in [-0.25, -0.2) is 0 Å². The number of hydrogen-bond acceptors (Lipinski definition) is 3. The molecule has 2 N–H and O–H groups in total. The third-order valence-electron chi connectivity index (χ3n) is 4.11. The fraction of sp³-hybridized carbons (Fsp3) is 0.632. The highest BCUT2D eigenvalue weighted by atomic mass is 16.5. The largest absolute Gasteiger partial charge is 0.379 e. The zero-order valence-electron chi connectivity index (χ0n) is 15.0. The molecule has 1 atom stereocenters. The Morgan fingerprint density at radius 1 is 1.33 bits per heavy atom. The lowest BCUT2D eigenvalue weighted by atomic mass is 10.1. The van der Waals surface area contributed by atoms with Crippen LogP contribution in [0.4, 0.5) is 0 Å². The van der Waals surface area contributed by atoms with Gasteiger partial charge in [-0.1, -0.05) is 24.3 Å². The summed E-state index contributed by atoms with van der Waals surface area (Å²) in [7, 11) is 0. The van der Waals surface area contributed by atoms with E-state index in [-0.39, 0.29) is 6.10 Å². The molecule has 0 radical (unpaired) electrons. The molecule has 5 nitrogen and oxygen atoms in total. The summed E-state index contributed by atoms with van der Waals surface area (Å²) in [4.78, 5) is 4.61. The van der Waals surface area contributed by atoms with Crippen LogP contribution in [0, 0.1) is 6.92 Å². The Kier molecular flexibility index (Phi) is 8.63. The van der Waals surface area contributed by atoms with Crippen molar-refractivity contribution in [2.75, 3.05) is 39.5 Å². The first-order valence-electron chi connectivity index (χ1n) is 9.05. The normalized spacial score (nSPS) is 17.9. The van der Waals surface area contributed by atoms with Gasteiger partial charge >= 0.3 is 0 Å². The topological polar surface area (TPSA) is 54.9 Å². The van der Waals surface area contributed by atoms with E-state index in [1.165, 1.54) is 11.1 Å². The summed E-state index contributed by atoms with van der Waals surface area (Å²) in [5, 5.41) is 6.70. The number of aliphatic imine (C=N–C) groups is 1. The van der Waals surface area contributed by atoms with Gasteiger partial charge in [0.15, 0.2) is 5.96 Å². The van der Waals surface area contributed by atoms with E-state index in [9.17, 15) is 0 Å². The quantitative estimate of drug-likeness (QED) is 0.414. The number of benzene rings is 1. The molecule has 1 aromatic rings. The molecule has 0 spiro atoms.